The quantitative estimate of drug-likeness (QED) is 0.0657. The van der Waals surface area contributed by atoms with Crippen LogP contribution >= 0.6 is 11.3 Å². The van der Waals surface area contributed by atoms with E-state index in [1.807, 2.05) is 59.1 Å². The van der Waals surface area contributed by atoms with Crippen molar-refractivity contribution < 1.29 is 30.0 Å². The summed E-state index contributed by atoms with van der Waals surface area (Å²) in [6, 6.07) is 23.4. The van der Waals surface area contributed by atoms with Crippen molar-refractivity contribution in [2.24, 2.45) is 10.8 Å². The zero-order valence-corrected chi connectivity index (χ0v) is 35.4. The van der Waals surface area contributed by atoms with Gasteiger partial charge in [-0.3, -0.25) is 14.8 Å². The maximum atomic E-state index is 12.2. The molecule has 0 atom stereocenters. The van der Waals surface area contributed by atoms with Crippen LogP contribution in [-0.4, -0.2) is 28.9 Å². The second-order valence-electron chi connectivity index (χ2n) is 14.6. The Balaban J connectivity index is 0.000000312. The summed E-state index contributed by atoms with van der Waals surface area (Å²) >= 11 is 1.81. The summed E-state index contributed by atoms with van der Waals surface area (Å²) in [7, 11) is -1.54. The average Bonchev–Trinajstić information content (AvgIpc) is 3.51. The van der Waals surface area contributed by atoms with Crippen molar-refractivity contribution in [2.45, 2.75) is 101 Å². The monoisotopic (exact) mass is 870 g/mol. The molecule has 5 aromatic rings. The van der Waals surface area contributed by atoms with Crippen LogP contribution in [0.25, 0.3) is 42.6 Å². The molecule has 2 aromatic carbocycles. The van der Waals surface area contributed by atoms with Crippen LogP contribution in [0.1, 0.15) is 78.6 Å². The molecular formula is C42H53IrN2O2SSi-. The van der Waals surface area contributed by atoms with Crippen LogP contribution < -0.4 is 5.19 Å². The Kier molecular flexibility index (Phi) is 13.5. The number of rotatable bonds is 10. The van der Waals surface area contributed by atoms with Gasteiger partial charge in [0.2, 0.25) is 0 Å². The largest absolute Gasteiger partial charge is 0.512 e. The standard InChI is InChI=1S/C27H25N2SSi.C15H28O2.Ir/c1-17-12-21(13-18(2)29-17)24-15-20-10-11-28-26(27(20)30-24)22-14-19-8-6-7-9-23(19)25(16-22)31(3,4)5;1-7-14(5,8-2)12(16)11-13(17)15(6,9-3)10-4;/h6-13,15-16H,1-5H3;11,16H,7-10H2,1-6H3;/q-1;;/b;12-11-;. The minimum atomic E-state index is -1.54. The Labute approximate surface area is 312 Å². The fraction of sp³-hybridized carbons (Fsp3) is 0.405. The van der Waals surface area contributed by atoms with Gasteiger partial charge in [-0.05, 0) is 74.7 Å². The number of allylic oxidation sites excluding steroid dienone is 2. The first-order chi connectivity index (χ1) is 22.6. The van der Waals surface area contributed by atoms with Gasteiger partial charge in [-0.15, -0.1) is 40.1 Å². The molecule has 0 spiro atoms. The molecule has 0 unspecified atom stereocenters. The van der Waals surface area contributed by atoms with E-state index in [9.17, 15) is 9.90 Å². The van der Waals surface area contributed by atoms with E-state index in [2.05, 4.69) is 99.1 Å². The third-order valence-corrected chi connectivity index (χ3v) is 13.5. The summed E-state index contributed by atoms with van der Waals surface area (Å²) in [6.07, 6.45) is 6.68. The van der Waals surface area contributed by atoms with Crippen LogP contribution in [0.15, 0.2) is 72.6 Å². The summed E-state index contributed by atoms with van der Waals surface area (Å²) in [6.45, 7) is 23.4. The van der Waals surface area contributed by atoms with Crippen LogP contribution in [0.5, 0.6) is 0 Å². The van der Waals surface area contributed by atoms with E-state index in [4.69, 9.17) is 4.98 Å². The smallest absolute Gasteiger partial charge is 0.164 e. The minimum absolute atomic E-state index is 0. The molecule has 0 aliphatic carbocycles. The minimum Gasteiger partial charge on any atom is -0.512 e. The number of thiophene rings is 1. The number of benzene rings is 2. The van der Waals surface area contributed by atoms with Crippen molar-refractivity contribution in [3.8, 4) is 21.7 Å². The first-order valence-corrected chi connectivity index (χ1v) is 21.7. The second-order valence-corrected chi connectivity index (χ2v) is 20.7. The molecular weight excluding hydrogens is 817 g/mol. The number of hydrogen-bond donors (Lipinski definition) is 1. The number of carbonyl (C=O) groups excluding carboxylic acids is 1. The summed E-state index contributed by atoms with van der Waals surface area (Å²) in [5.41, 5.74) is 4.84. The molecule has 4 nitrogen and oxygen atoms in total. The van der Waals surface area contributed by atoms with Crippen molar-refractivity contribution in [1.82, 2.24) is 9.97 Å². The van der Waals surface area contributed by atoms with Gasteiger partial charge in [0.25, 0.3) is 0 Å². The van der Waals surface area contributed by atoms with Gasteiger partial charge >= 0.3 is 0 Å². The van der Waals surface area contributed by atoms with E-state index in [1.54, 1.807) is 0 Å². The van der Waals surface area contributed by atoms with Gasteiger partial charge < -0.3 is 5.11 Å². The summed E-state index contributed by atoms with van der Waals surface area (Å²) in [4.78, 5) is 22.8. The number of carbonyl (C=O) groups is 1. The van der Waals surface area contributed by atoms with Crippen LogP contribution in [0.4, 0.5) is 0 Å². The number of pyridine rings is 2. The van der Waals surface area contributed by atoms with Crippen molar-refractivity contribution in [2.75, 3.05) is 0 Å². The van der Waals surface area contributed by atoms with E-state index >= 15 is 0 Å². The number of aliphatic hydroxyl groups excluding tert-OH is 1. The SMILES string of the molecule is CCC(C)(CC)C(=O)/C=C(\O)C(C)(CC)CC.Cc1cc(-c2cc3ccnc(-c4[c-]c5ccccc5c([Si](C)(C)C)c4)c3s2)cc(C)n1.[Ir]. The zero-order chi connectivity index (χ0) is 35.4. The molecule has 7 heteroatoms. The van der Waals surface area contributed by atoms with Gasteiger partial charge in [-0.2, -0.15) is 0 Å². The number of hydrogen-bond acceptors (Lipinski definition) is 5. The van der Waals surface area contributed by atoms with Crippen molar-refractivity contribution in [3.05, 3.63) is 90.1 Å². The Bertz CT molecular complexity index is 1930. The fourth-order valence-electron chi connectivity index (χ4n) is 5.94. The zero-order valence-electron chi connectivity index (χ0n) is 31.2. The van der Waals surface area contributed by atoms with Gasteiger partial charge in [0.15, 0.2) is 5.78 Å². The number of ketones is 1. The van der Waals surface area contributed by atoms with Gasteiger partial charge in [-0.1, -0.05) is 90.3 Å². The van der Waals surface area contributed by atoms with E-state index in [1.165, 1.54) is 42.6 Å². The molecule has 0 bridgehead atoms. The van der Waals surface area contributed by atoms with Gasteiger partial charge in [0.1, 0.15) is 5.76 Å². The molecule has 49 heavy (non-hydrogen) atoms. The van der Waals surface area contributed by atoms with E-state index < -0.39 is 8.07 Å². The maximum absolute atomic E-state index is 12.2. The third kappa shape index (κ3) is 9.04. The third-order valence-electron chi connectivity index (χ3n) is 10.2. The fourth-order valence-corrected chi connectivity index (χ4v) is 8.69. The second kappa shape index (κ2) is 16.4. The van der Waals surface area contributed by atoms with Crippen LogP contribution in [0, 0.1) is 30.7 Å². The molecule has 0 saturated carbocycles. The molecule has 1 radical (unpaired) electrons. The normalized spacial score (nSPS) is 12.4. The van der Waals surface area contributed by atoms with Crippen molar-refractivity contribution >= 4 is 51.2 Å². The van der Waals surface area contributed by atoms with Crippen LogP contribution in [0.2, 0.25) is 19.6 Å². The molecule has 3 heterocycles. The van der Waals surface area contributed by atoms with Gasteiger partial charge in [-0.25, -0.2) is 0 Å². The molecule has 0 amide bonds. The Morgan fingerprint density at radius 2 is 1.49 bits per heavy atom. The number of fused-ring (bicyclic) bond motifs is 2. The van der Waals surface area contributed by atoms with Gasteiger partial charge in [0, 0.05) is 69.9 Å². The molecule has 0 aliphatic rings. The van der Waals surface area contributed by atoms with E-state index in [-0.39, 0.29) is 42.5 Å². The molecule has 0 aliphatic heterocycles. The first-order valence-electron chi connectivity index (χ1n) is 17.3. The van der Waals surface area contributed by atoms with Crippen LogP contribution in [0.3, 0.4) is 0 Å². The topological polar surface area (TPSA) is 63.1 Å². The molecule has 5 rings (SSSR count). The molecule has 0 fully saturated rings. The number of aryl methyl sites for hydroxylation is 2. The average molecular weight is 870 g/mol. The number of aliphatic hydroxyl groups is 1. The molecule has 263 valence electrons. The summed E-state index contributed by atoms with van der Waals surface area (Å²) < 4.78 is 1.22. The van der Waals surface area contributed by atoms with Crippen molar-refractivity contribution in [3.63, 3.8) is 0 Å². The predicted molar refractivity (Wildman–Crippen MR) is 210 cm³/mol. The van der Waals surface area contributed by atoms with Crippen molar-refractivity contribution in [1.29, 1.82) is 0 Å². The van der Waals surface area contributed by atoms with E-state index in [0.717, 1.165) is 48.3 Å². The predicted octanol–water partition coefficient (Wildman–Crippen LogP) is 11.8. The summed E-state index contributed by atoms with van der Waals surface area (Å²) in [5.74, 6) is 0.286. The van der Waals surface area contributed by atoms with Gasteiger partial charge in [0.05, 0.1) is 8.07 Å². The molecule has 3 aromatic heterocycles. The Morgan fingerprint density at radius 1 is 0.898 bits per heavy atom. The summed E-state index contributed by atoms with van der Waals surface area (Å²) in [5, 5.41) is 15.3. The number of nitrogens with zero attached hydrogens (tertiary/aromatic N) is 2. The Hall–Kier alpha value is -2.96. The van der Waals surface area contributed by atoms with Crippen LogP contribution in [-0.2, 0) is 24.9 Å². The maximum Gasteiger partial charge on any atom is 0.164 e. The molecule has 1 N–H and O–H groups in total. The number of aromatic nitrogens is 2. The van der Waals surface area contributed by atoms with E-state index in [0.29, 0.717) is 0 Å². The Morgan fingerprint density at radius 3 is 2.06 bits per heavy atom. The molecule has 0 saturated heterocycles. The first kappa shape index (κ1) is 40.5.